The summed E-state index contributed by atoms with van der Waals surface area (Å²) in [6.07, 6.45) is -0.449. The van der Waals surface area contributed by atoms with Crippen LogP contribution >= 0.6 is 11.6 Å². The number of rotatable bonds is 5. The molecule has 2 amide bonds. The number of aryl methyl sites for hydroxylation is 1. The van der Waals surface area contributed by atoms with Crippen LogP contribution in [0.3, 0.4) is 0 Å². The van der Waals surface area contributed by atoms with Crippen LogP contribution in [0.1, 0.15) is 41.7 Å². The van der Waals surface area contributed by atoms with E-state index in [9.17, 15) is 9.59 Å². The van der Waals surface area contributed by atoms with Gasteiger partial charge in [0.05, 0.1) is 31.0 Å². The molecule has 2 N–H and O–H groups in total. The number of ether oxygens (including phenoxy) is 1. The largest absolute Gasteiger partial charge is 0.497 e. The number of carbonyl (C=O) groups excluding carboxylic acids is 1. The zero-order valence-electron chi connectivity index (χ0n) is 19.8. The first-order valence-electron chi connectivity index (χ1n) is 11.6. The lowest BCUT2D eigenvalue weighted by Gasteiger charge is -2.19. The average Bonchev–Trinajstić information content (AvgIpc) is 3.45. The highest BCUT2D eigenvalue weighted by atomic mass is 35.5. The van der Waals surface area contributed by atoms with E-state index in [1.807, 2.05) is 41.8 Å². The fourth-order valence-corrected chi connectivity index (χ4v) is 4.88. The van der Waals surface area contributed by atoms with Crippen LogP contribution in [-0.4, -0.2) is 68.7 Å². The Morgan fingerprint density at radius 1 is 1.19 bits per heavy atom. The van der Waals surface area contributed by atoms with Crippen molar-refractivity contribution in [1.29, 1.82) is 0 Å². The molecule has 0 radical (unpaired) electrons. The van der Waals surface area contributed by atoms with Crippen LogP contribution in [0.5, 0.6) is 5.75 Å². The maximum atomic E-state index is 13.3. The number of methoxy groups -OCH3 is 1. The number of likely N-dealkylation sites (tertiary alicyclic amines) is 1. The van der Waals surface area contributed by atoms with Gasteiger partial charge < -0.3 is 20.1 Å². The molecule has 186 valence electrons. The van der Waals surface area contributed by atoms with Crippen molar-refractivity contribution in [2.75, 3.05) is 20.2 Å². The summed E-state index contributed by atoms with van der Waals surface area (Å²) in [7, 11) is 1.61. The summed E-state index contributed by atoms with van der Waals surface area (Å²) in [5.74, 6) is 1.79. The number of carbonyl (C=O) groups is 2. The van der Waals surface area contributed by atoms with Gasteiger partial charge in [-0.15, -0.1) is 10.2 Å². The second kappa shape index (κ2) is 9.62. The third-order valence-electron chi connectivity index (χ3n) is 6.49. The summed E-state index contributed by atoms with van der Waals surface area (Å²) in [5, 5.41) is 20.8. The van der Waals surface area contributed by atoms with E-state index in [-0.39, 0.29) is 18.4 Å². The van der Waals surface area contributed by atoms with E-state index in [2.05, 4.69) is 15.5 Å². The van der Waals surface area contributed by atoms with Gasteiger partial charge in [0.15, 0.2) is 5.82 Å². The summed E-state index contributed by atoms with van der Waals surface area (Å²) < 4.78 is 7.42. The van der Waals surface area contributed by atoms with Crippen LogP contribution < -0.4 is 10.1 Å². The molecule has 2 atom stereocenters. The smallest absolute Gasteiger partial charge is 0.404 e. The highest BCUT2D eigenvalue weighted by molar-refractivity contribution is 6.30. The summed E-state index contributed by atoms with van der Waals surface area (Å²) in [6, 6.07) is 12.2. The van der Waals surface area contributed by atoms with Gasteiger partial charge in [0.2, 0.25) is 5.91 Å². The van der Waals surface area contributed by atoms with E-state index in [0.29, 0.717) is 47.6 Å². The topological polar surface area (TPSA) is 122 Å². The molecular formula is C25H25ClN6O4. The number of amides is 2. The van der Waals surface area contributed by atoms with Gasteiger partial charge in [-0.25, -0.2) is 4.79 Å². The molecule has 1 aromatic heterocycles. The van der Waals surface area contributed by atoms with Crippen LogP contribution in [0.25, 0.3) is 5.69 Å². The van der Waals surface area contributed by atoms with Gasteiger partial charge in [-0.05, 0) is 43.7 Å². The number of hydrogen-bond acceptors (Lipinski definition) is 6. The van der Waals surface area contributed by atoms with Gasteiger partial charge in [0.1, 0.15) is 17.6 Å². The average molecular weight is 509 g/mol. The lowest BCUT2D eigenvalue weighted by molar-refractivity contribution is -0.130. The van der Waals surface area contributed by atoms with E-state index in [1.165, 1.54) is 0 Å². The number of aromatic nitrogens is 3. The van der Waals surface area contributed by atoms with Crippen LogP contribution in [0.2, 0.25) is 5.02 Å². The predicted molar refractivity (Wildman–Crippen MR) is 133 cm³/mol. The van der Waals surface area contributed by atoms with Crippen molar-refractivity contribution in [3.05, 3.63) is 70.3 Å². The minimum Gasteiger partial charge on any atom is -0.497 e. The van der Waals surface area contributed by atoms with Crippen LogP contribution in [-0.2, 0) is 4.79 Å². The first-order chi connectivity index (χ1) is 17.3. The SMILES string of the molecule is COc1ccc2c(c1)C(c1ccc(Cl)cc1)=N[C@@H](CC(=O)N1CCC(NC(=O)O)C1)c1nnc(C)n1-2. The lowest BCUT2D eigenvalue weighted by Crippen LogP contribution is -2.38. The zero-order chi connectivity index (χ0) is 25.4. The molecule has 2 aromatic carbocycles. The zero-order valence-corrected chi connectivity index (χ0v) is 20.6. The predicted octanol–water partition coefficient (Wildman–Crippen LogP) is 3.39. The maximum absolute atomic E-state index is 13.3. The number of fused-ring (bicyclic) bond motifs is 3. The Hall–Kier alpha value is -3.92. The third kappa shape index (κ3) is 4.51. The molecular weight excluding hydrogens is 484 g/mol. The fourth-order valence-electron chi connectivity index (χ4n) is 4.75. The molecule has 0 spiro atoms. The fraction of sp³-hybridized carbons (Fsp3) is 0.320. The van der Waals surface area contributed by atoms with Crippen molar-refractivity contribution in [2.45, 2.75) is 31.8 Å². The van der Waals surface area contributed by atoms with Gasteiger partial charge in [-0.1, -0.05) is 23.7 Å². The quantitative estimate of drug-likeness (QED) is 0.544. The molecule has 1 fully saturated rings. The van der Waals surface area contributed by atoms with E-state index in [1.54, 1.807) is 24.1 Å². The maximum Gasteiger partial charge on any atom is 0.404 e. The highest BCUT2D eigenvalue weighted by Gasteiger charge is 2.33. The van der Waals surface area contributed by atoms with Crippen molar-refractivity contribution < 1.29 is 19.4 Å². The number of benzene rings is 2. The molecule has 0 saturated carbocycles. The second-order valence-corrected chi connectivity index (χ2v) is 9.24. The molecule has 1 saturated heterocycles. The van der Waals surface area contributed by atoms with Gasteiger partial charge in [-0.2, -0.15) is 0 Å². The lowest BCUT2D eigenvalue weighted by atomic mass is 10.00. The monoisotopic (exact) mass is 508 g/mol. The summed E-state index contributed by atoms with van der Waals surface area (Å²) in [5.41, 5.74) is 3.19. The number of hydrogen-bond donors (Lipinski definition) is 2. The Labute approximate surface area is 212 Å². The Balaban J connectivity index is 1.57. The minimum absolute atomic E-state index is 0.0696. The second-order valence-electron chi connectivity index (χ2n) is 8.80. The summed E-state index contributed by atoms with van der Waals surface area (Å²) in [6.45, 7) is 2.67. The van der Waals surface area contributed by atoms with Crippen molar-refractivity contribution in [2.24, 2.45) is 4.99 Å². The molecule has 0 bridgehead atoms. The Morgan fingerprint density at radius 3 is 2.69 bits per heavy atom. The number of nitrogens with zero attached hydrogens (tertiary/aromatic N) is 5. The molecule has 2 aliphatic heterocycles. The van der Waals surface area contributed by atoms with E-state index < -0.39 is 12.1 Å². The molecule has 0 aliphatic carbocycles. The molecule has 2 aliphatic rings. The molecule has 3 aromatic rings. The molecule has 36 heavy (non-hydrogen) atoms. The van der Waals surface area contributed by atoms with E-state index >= 15 is 0 Å². The van der Waals surface area contributed by atoms with Gasteiger partial charge in [-0.3, -0.25) is 14.4 Å². The molecule has 1 unspecified atom stereocenters. The normalized spacial score (nSPS) is 18.6. The molecule has 3 heterocycles. The van der Waals surface area contributed by atoms with Crippen LogP contribution in [0, 0.1) is 6.92 Å². The summed E-state index contributed by atoms with van der Waals surface area (Å²) in [4.78, 5) is 31.1. The first kappa shape index (κ1) is 23.8. The van der Waals surface area contributed by atoms with Crippen LogP contribution in [0.4, 0.5) is 4.79 Å². The molecule has 10 nitrogen and oxygen atoms in total. The standard InChI is InChI=1S/C25H25ClN6O4/c1-14-29-30-24-20(12-22(33)31-10-9-17(13-31)27-25(34)35)28-23(15-3-5-16(26)6-4-15)19-11-18(36-2)7-8-21(19)32(14)24/h3-8,11,17,20,27H,9-10,12-13H2,1-2H3,(H,34,35)/t17?,20-/m0/s1. The Kier molecular flexibility index (Phi) is 6.36. The minimum atomic E-state index is -1.09. The number of halogens is 1. The van der Waals surface area contributed by atoms with Crippen molar-refractivity contribution >= 4 is 29.3 Å². The Bertz CT molecular complexity index is 1350. The molecule has 11 heteroatoms. The van der Waals surface area contributed by atoms with Crippen molar-refractivity contribution in [3.8, 4) is 11.4 Å². The number of carboxylic acid groups (broad SMARTS) is 1. The first-order valence-corrected chi connectivity index (χ1v) is 11.9. The van der Waals surface area contributed by atoms with E-state index in [4.69, 9.17) is 26.4 Å². The highest BCUT2D eigenvalue weighted by Crippen LogP contribution is 2.35. The number of nitrogens with one attached hydrogen (secondary N) is 1. The van der Waals surface area contributed by atoms with Gasteiger partial charge >= 0.3 is 6.09 Å². The molecule has 5 rings (SSSR count). The van der Waals surface area contributed by atoms with Crippen molar-refractivity contribution in [3.63, 3.8) is 0 Å². The van der Waals surface area contributed by atoms with E-state index in [0.717, 1.165) is 16.8 Å². The summed E-state index contributed by atoms with van der Waals surface area (Å²) >= 11 is 6.15. The van der Waals surface area contributed by atoms with Crippen molar-refractivity contribution in [1.82, 2.24) is 25.0 Å². The van der Waals surface area contributed by atoms with Gasteiger partial charge in [0, 0.05) is 29.2 Å². The van der Waals surface area contributed by atoms with Crippen LogP contribution in [0.15, 0.2) is 47.5 Å². The number of aliphatic imine (C=N–C) groups is 1. The van der Waals surface area contributed by atoms with Gasteiger partial charge in [0.25, 0.3) is 0 Å². The third-order valence-corrected chi connectivity index (χ3v) is 6.74. The Morgan fingerprint density at radius 2 is 1.97 bits per heavy atom.